The number of carbonyl (C=O) groups is 1. The van der Waals surface area contributed by atoms with Crippen molar-refractivity contribution in [2.45, 2.75) is 19.6 Å². The fourth-order valence-electron chi connectivity index (χ4n) is 3.75. The van der Waals surface area contributed by atoms with E-state index in [2.05, 4.69) is 22.2 Å². The third kappa shape index (κ3) is 4.41. The number of piperazine rings is 1. The number of benzene rings is 2. The number of aliphatic hydroxyl groups is 1. The predicted octanol–water partition coefficient (Wildman–Crippen LogP) is 4.01. The lowest BCUT2D eigenvalue weighted by atomic mass is 10.0. The fraction of sp³-hybridized carbons (Fsp3) is 0.304. The molecule has 0 aliphatic carbocycles. The van der Waals surface area contributed by atoms with Crippen LogP contribution in [0.1, 0.15) is 34.7 Å². The van der Waals surface area contributed by atoms with Gasteiger partial charge in [0.25, 0.3) is 5.91 Å². The number of halogens is 1. The second-order valence-corrected chi connectivity index (χ2v) is 7.95. The highest BCUT2D eigenvalue weighted by Crippen LogP contribution is 2.32. The van der Waals surface area contributed by atoms with Crippen molar-refractivity contribution >= 4 is 17.5 Å². The van der Waals surface area contributed by atoms with Gasteiger partial charge in [-0.3, -0.25) is 9.69 Å². The van der Waals surface area contributed by atoms with Gasteiger partial charge >= 0.3 is 0 Å². The van der Waals surface area contributed by atoms with Crippen LogP contribution in [0.25, 0.3) is 11.3 Å². The van der Waals surface area contributed by atoms with E-state index in [4.69, 9.17) is 16.1 Å². The van der Waals surface area contributed by atoms with Gasteiger partial charge in [-0.15, -0.1) is 0 Å². The molecule has 156 valence electrons. The molecule has 1 aliphatic heterocycles. The number of hydrogen-bond donors (Lipinski definition) is 1. The average Bonchev–Trinajstić information content (AvgIpc) is 3.20. The molecule has 7 heteroatoms. The Hall–Kier alpha value is -2.67. The fourth-order valence-corrected chi connectivity index (χ4v) is 3.88. The molecule has 0 spiro atoms. The van der Waals surface area contributed by atoms with Crippen molar-refractivity contribution < 1.29 is 14.4 Å². The Labute approximate surface area is 180 Å². The lowest BCUT2D eigenvalue weighted by Crippen LogP contribution is -2.48. The highest BCUT2D eigenvalue weighted by molar-refractivity contribution is 6.30. The maximum Gasteiger partial charge on any atom is 0.292 e. The van der Waals surface area contributed by atoms with Crippen molar-refractivity contribution in [1.29, 1.82) is 0 Å². The van der Waals surface area contributed by atoms with E-state index < -0.39 is 6.10 Å². The van der Waals surface area contributed by atoms with Gasteiger partial charge in [0, 0.05) is 43.3 Å². The van der Waals surface area contributed by atoms with Crippen molar-refractivity contribution in [1.82, 2.24) is 15.0 Å². The lowest BCUT2D eigenvalue weighted by Gasteiger charge is -2.34. The molecule has 1 aliphatic rings. The summed E-state index contributed by atoms with van der Waals surface area (Å²) in [6.45, 7) is 5.24. The Balaban J connectivity index is 1.48. The molecule has 0 radical (unpaired) electrons. The molecule has 3 aromatic rings. The molecule has 1 N–H and O–H groups in total. The molecule has 1 aromatic heterocycles. The molecule has 0 unspecified atom stereocenters. The minimum atomic E-state index is -0.889. The van der Waals surface area contributed by atoms with Crippen molar-refractivity contribution in [2.24, 2.45) is 0 Å². The molecule has 0 saturated carbocycles. The minimum Gasteiger partial charge on any atom is -0.388 e. The summed E-state index contributed by atoms with van der Waals surface area (Å²) in [5.41, 5.74) is 2.88. The Morgan fingerprint density at radius 1 is 1.10 bits per heavy atom. The van der Waals surface area contributed by atoms with Crippen LogP contribution in [0.15, 0.2) is 59.1 Å². The van der Waals surface area contributed by atoms with E-state index in [0.29, 0.717) is 29.4 Å². The van der Waals surface area contributed by atoms with Gasteiger partial charge in [0.2, 0.25) is 5.76 Å². The molecule has 0 bridgehead atoms. The molecule has 1 amide bonds. The average molecular weight is 426 g/mol. The van der Waals surface area contributed by atoms with Crippen LogP contribution in [0.5, 0.6) is 0 Å². The van der Waals surface area contributed by atoms with E-state index in [-0.39, 0.29) is 11.7 Å². The standard InChI is InChI=1S/C23H24ClN3O3/c1-16(28)20-21(18-7-9-19(24)10-8-18)25-30-22(20)23(29)27-13-11-26(12-14-27)15-17-5-3-2-4-6-17/h2-10,16,28H,11-15H2,1H3/t16-/m0/s1. The van der Waals surface area contributed by atoms with Crippen molar-refractivity contribution in [3.8, 4) is 11.3 Å². The normalized spacial score (nSPS) is 15.9. The molecular formula is C23H24ClN3O3. The van der Waals surface area contributed by atoms with Gasteiger partial charge in [-0.05, 0) is 24.6 Å². The second-order valence-electron chi connectivity index (χ2n) is 7.51. The monoisotopic (exact) mass is 425 g/mol. The first-order valence-corrected chi connectivity index (χ1v) is 10.4. The Morgan fingerprint density at radius 2 is 1.77 bits per heavy atom. The summed E-state index contributed by atoms with van der Waals surface area (Å²) in [7, 11) is 0. The van der Waals surface area contributed by atoms with E-state index in [1.54, 1.807) is 36.1 Å². The zero-order chi connectivity index (χ0) is 21.1. The third-order valence-corrected chi connectivity index (χ3v) is 5.62. The summed E-state index contributed by atoms with van der Waals surface area (Å²) in [5.74, 6) is -0.135. The first-order valence-electron chi connectivity index (χ1n) is 10.0. The summed E-state index contributed by atoms with van der Waals surface area (Å²) < 4.78 is 5.43. The highest BCUT2D eigenvalue weighted by Gasteiger charge is 2.31. The zero-order valence-electron chi connectivity index (χ0n) is 16.8. The summed E-state index contributed by atoms with van der Waals surface area (Å²) >= 11 is 5.96. The number of aromatic nitrogens is 1. The van der Waals surface area contributed by atoms with Gasteiger partial charge in [-0.1, -0.05) is 59.2 Å². The first-order chi connectivity index (χ1) is 14.5. The van der Waals surface area contributed by atoms with Crippen LogP contribution in [0.3, 0.4) is 0 Å². The SMILES string of the molecule is C[C@H](O)c1c(-c2ccc(Cl)cc2)noc1C(=O)N1CCN(Cc2ccccc2)CC1. The van der Waals surface area contributed by atoms with E-state index in [9.17, 15) is 9.90 Å². The second kappa shape index (κ2) is 9.00. The Bertz CT molecular complexity index is 994. The van der Waals surface area contributed by atoms with E-state index >= 15 is 0 Å². The maximum absolute atomic E-state index is 13.1. The van der Waals surface area contributed by atoms with Crippen LogP contribution in [0, 0.1) is 0 Å². The van der Waals surface area contributed by atoms with Gasteiger partial charge in [0.1, 0.15) is 5.69 Å². The number of carbonyl (C=O) groups excluding carboxylic acids is 1. The van der Waals surface area contributed by atoms with Crippen molar-refractivity contribution in [2.75, 3.05) is 26.2 Å². The van der Waals surface area contributed by atoms with E-state index in [0.717, 1.165) is 25.2 Å². The number of nitrogens with zero attached hydrogens (tertiary/aromatic N) is 3. The van der Waals surface area contributed by atoms with Gasteiger partial charge in [0.05, 0.1) is 11.7 Å². The van der Waals surface area contributed by atoms with Crippen LogP contribution >= 0.6 is 11.6 Å². The van der Waals surface area contributed by atoms with E-state index in [1.165, 1.54) is 5.56 Å². The quantitative estimate of drug-likeness (QED) is 0.668. The van der Waals surface area contributed by atoms with Crippen LogP contribution in [-0.2, 0) is 6.54 Å². The molecule has 2 aromatic carbocycles. The Kier molecular flexibility index (Phi) is 6.18. The first kappa shape index (κ1) is 20.6. The molecule has 4 rings (SSSR count). The molecular weight excluding hydrogens is 402 g/mol. The van der Waals surface area contributed by atoms with Crippen LogP contribution < -0.4 is 0 Å². The molecule has 2 heterocycles. The maximum atomic E-state index is 13.1. The zero-order valence-corrected chi connectivity index (χ0v) is 17.5. The molecule has 1 fully saturated rings. The summed E-state index contributed by atoms with van der Waals surface area (Å²) in [6, 6.07) is 17.4. The van der Waals surface area contributed by atoms with Crippen LogP contribution in [-0.4, -0.2) is 52.1 Å². The van der Waals surface area contributed by atoms with Gasteiger partial charge in [0.15, 0.2) is 0 Å². The minimum absolute atomic E-state index is 0.103. The van der Waals surface area contributed by atoms with Crippen molar-refractivity contribution in [3.05, 3.63) is 76.5 Å². The smallest absolute Gasteiger partial charge is 0.292 e. The largest absolute Gasteiger partial charge is 0.388 e. The van der Waals surface area contributed by atoms with Gasteiger partial charge < -0.3 is 14.5 Å². The summed E-state index contributed by atoms with van der Waals surface area (Å²) in [6.07, 6.45) is -0.889. The van der Waals surface area contributed by atoms with E-state index in [1.807, 2.05) is 18.2 Å². The lowest BCUT2D eigenvalue weighted by molar-refractivity contribution is 0.0581. The van der Waals surface area contributed by atoms with Crippen LogP contribution in [0.4, 0.5) is 0 Å². The number of rotatable bonds is 5. The van der Waals surface area contributed by atoms with Crippen molar-refractivity contribution in [3.63, 3.8) is 0 Å². The topological polar surface area (TPSA) is 69.8 Å². The highest BCUT2D eigenvalue weighted by atomic mass is 35.5. The Morgan fingerprint density at radius 3 is 2.40 bits per heavy atom. The molecule has 6 nitrogen and oxygen atoms in total. The molecule has 1 atom stereocenters. The summed E-state index contributed by atoms with van der Waals surface area (Å²) in [4.78, 5) is 17.2. The number of amides is 1. The van der Waals surface area contributed by atoms with Gasteiger partial charge in [-0.2, -0.15) is 0 Å². The molecule has 1 saturated heterocycles. The molecule has 30 heavy (non-hydrogen) atoms. The number of hydrogen-bond acceptors (Lipinski definition) is 5. The predicted molar refractivity (Wildman–Crippen MR) is 115 cm³/mol. The number of aliphatic hydroxyl groups excluding tert-OH is 1. The van der Waals surface area contributed by atoms with Gasteiger partial charge in [-0.25, -0.2) is 0 Å². The third-order valence-electron chi connectivity index (χ3n) is 5.37. The van der Waals surface area contributed by atoms with Crippen LogP contribution in [0.2, 0.25) is 5.02 Å². The summed E-state index contributed by atoms with van der Waals surface area (Å²) in [5, 5.41) is 15.0.